The highest BCUT2D eigenvalue weighted by molar-refractivity contribution is 7.86. The van der Waals surface area contributed by atoms with Crippen molar-refractivity contribution in [2.75, 3.05) is 6.54 Å². The standard InChI is InChI=1S/C40H30N2S4.2CHF3O3S/c1-2-20-41-21-18-28-9-10-29-19-22-42-30(11-13-32-15-17-38(46-32)36-7-4-24-44-36)25-27(26-34(42)40(29)39(28)33(41)5-1)8-12-31-14-16-37(45-31)35-6-3-23-43-35;2*2-1(3,4)8(5,6)7/h1-17,20-21,23-25H,18-19,22,26H2;2*(H,5,6,7)/q+2;;/p-2/b12-8+,13-11+;;. The highest BCUT2D eigenvalue weighted by Crippen LogP contribution is 2.34. The van der Waals surface area contributed by atoms with Crippen LogP contribution in [0.15, 0.2) is 120 Å². The van der Waals surface area contributed by atoms with Crippen LogP contribution in [0.3, 0.4) is 0 Å². The van der Waals surface area contributed by atoms with E-state index in [0.29, 0.717) is 0 Å². The summed E-state index contributed by atoms with van der Waals surface area (Å²) >= 11 is 7.34. The molecule has 0 amide bonds. The van der Waals surface area contributed by atoms with Gasteiger partial charge in [-0.15, -0.1) is 45.3 Å². The fourth-order valence-corrected chi connectivity index (χ4v) is 10.3. The molecule has 0 bridgehead atoms. The van der Waals surface area contributed by atoms with Gasteiger partial charge in [-0.1, -0.05) is 30.3 Å². The molecule has 8 nitrogen and oxygen atoms in total. The summed E-state index contributed by atoms with van der Waals surface area (Å²) in [5.41, 5.74) is -4.37. The number of nitrogens with zero attached hydrogens (tertiary/aromatic N) is 2. The van der Waals surface area contributed by atoms with E-state index >= 15 is 0 Å². The van der Waals surface area contributed by atoms with Gasteiger partial charge in [-0.3, -0.25) is 0 Å². The second-order valence-electron chi connectivity index (χ2n) is 13.5. The van der Waals surface area contributed by atoms with Crippen LogP contribution in [0.1, 0.15) is 27.3 Å². The molecule has 0 unspecified atom stereocenters. The van der Waals surface area contributed by atoms with E-state index in [1.807, 2.05) is 22.7 Å². The van der Waals surface area contributed by atoms with E-state index < -0.39 is 31.3 Å². The predicted molar refractivity (Wildman–Crippen MR) is 229 cm³/mol. The molecule has 3 aliphatic heterocycles. The van der Waals surface area contributed by atoms with Crippen LogP contribution in [0.25, 0.3) is 37.4 Å². The van der Waals surface area contributed by atoms with Gasteiger partial charge in [0, 0.05) is 60.0 Å². The minimum Gasteiger partial charge on any atom is -0.741 e. The lowest BCUT2D eigenvalue weighted by Gasteiger charge is -2.21. The van der Waals surface area contributed by atoms with Crippen LogP contribution in [0.5, 0.6) is 0 Å². The lowest BCUT2D eigenvalue weighted by atomic mass is 9.91. The average Bonchev–Trinajstić information content (AvgIpc) is 4.06. The fraction of sp³-hybridized carbons (Fsp3) is 0.143. The average molecular weight is 965 g/mol. The molecule has 0 aliphatic carbocycles. The molecule has 0 spiro atoms. The Morgan fingerprint density at radius 1 is 0.629 bits per heavy atom. The first-order chi connectivity index (χ1) is 29.3. The van der Waals surface area contributed by atoms with Crippen molar-refractivity contribution in [2.45, 2.75) is 30.3 Å². The summed E-state index contributed by atoms with van der Waals surface area (Å²) in [6.45, 7) is 0.995. The van der Waals surface area contributed by atoms with Crippen LogP contribution in [-0.2, 0) is 33.1 Å². The van der Waals surface area contributed by atoms with Crippen molar-refractivity contribution < 1.29 is 61.1 Å². The van der Waals surface area contributed by atoms with E-state index in [0.717, 1.165) is 25.8 Å². The van der Waals surface area contributed by atoms with Crippen molar-refractivity contribution in [1.29, 1.82) is 0 Å². The molecular weight excluding hydrogens is 935 g/mol. The Bertz CT molecular complexity index is 3180. The summed E-state index contributed by atoms with van der Waals surface area (Å²) in [4.78, 5) is 7.91. The summed E-state index contributed by atoms with van der Waals surface area (Å²) < 4.78 is 123. The third kappa shape index (κ3) is 10.3. The molecule has 20 heteroatoms. The molecule has 0 saturated heterocycles. The molecule has 8 heterocycles. The Morgan fingerprint density at radius 3 is 1.74 bits per heavy atom. The summed E-state index contributed by atoms with van der Waals surface area (Å²) in [5, 5.41) is 8.44. The van der Waals surface area contributed by atoms with E-state index in [2.05, 4.69) is 141 Å². The SMILES string of the molecule is C1=C(/C=C/c2ccc(-c3cccs3)s2)CC2=c3c(ccc4c3=c3cccc[n+]3=CC4)CC[N+]2=C1/C=C/c1ccc(-c2cccs2)s1.O=S(=O)([O-])C(F)(F)F.O=S(=O)([O-])C(F)(F)F. The first kappa shape index (κ1) is 45.2. The third-order valence-corrected chi connectivity index (χ3v) is 14.9. The van der Waals surface area contributed by atoms with Crippen molar-refractivity contribution in [3.8, 4) is 19.5 Å². The summed E-state index contributed by atoms with van der Waals surface area (Å²) in [7, 11) is -12.2. The Balaban J connectivity index is 0.000000309. The van der Waals surface area contributed by atoms with Gasteiger partial charge in [-0.25, -0.2) is 16.8 Å². The molecular formula is C42H30F6N2O6S6. The van der Waals surface area contributed by atoms with E-state index in [-0.39, 0.29) is 0 Å². The summed E-state index contributed by atoms with van der Waals surface area (Å²) in [6, 6.07) is 29.0. The molecule has 6 aromatic rings. The van der Waals surface area contributed by atoms with Crippen LogP contribution in [-0.4, -0.2) is 53.8 Å². The van der Waals surface area contributed by atoms with Gasteiger partial charge in [0.1, 0.15) is 0 Å². The number of allylic oxidation sites excluding steroid dienone is 3. The number of benzene rings is 1. The number of thiophene rings is 4. The first-order valence-corrected chi connectivity index (χ1v) is 24.4. The van der Waals surface area contributed by atoms with Gasteiger partial charge in [0.25, 0.3) is 0 Å². The highest BCUT2D eigenvalue weighted by atomic mass is 32.2. The molecule has 3 aliphatic rings. The molecule has 0 saturated carbocycles. The second kappa shape index (κ2) is 18.1. The highest BCUT2D eigenvalue weighted by Gasteiger charge is 2.37. The van der Waals surface area contributed by atoms with Crippen LogP contribution in [0.4, 0.5) is 26.3 Å². The van der Waals surface area contributed by atoms with Crippen LogP contribution < -0.4 is 9.46 Å². The zero-order valence-corrected chi connectivity index (χ0v) is 36.5. The number of alkyl halides is 6. The van der Waals surface area contributed by atoms with Crippen molar-refractivity contribution in [3.63, 3.8) is 0 Å². The second-order valence-corrected chi connectivity index (χ2v) is 20.4. The van der Waals surface area contributed by atoms with Crippen molar-refractivity contribution in [1.82, 2.24) is 0 Å². The number of fused-ring (bicyclic) bond motifs is 5. The number of hydrogen-bond acceptors (Lipinski definition) is 10. The van der Waals surface area contributed by atoms with Gasteiger partial charge in [0.05, 0.1) is 23.3 Å². The van der Waals surface area contributed by atoms with Crippen molar-refractivity contribution in [3.05, 3.63) is 163 Å². The van der Waals surface area contributed by atoms with Crippen LogP contribution in [0, 0.1) is 16.8 Å². The quantitative estimate of drug-likeness (QED) is 0.0710. The normalized spacial score (nSPS) is 15.1. The summed E-state index contributed by atoms with van der Waals surface area (Å²) in [5.74, 6) is 0. The largest absolute Gasteiger partial charge is 0.741 e. The van der Waals surface area contributed by atoms with Gasteiger partial charge >= 0.3 is 11.0 Å². The molecule has 1 aromatic carbocycles. The molecule has 5 aromatic heterocycles. The molecule has 0 N–H and O–H groups in total. The number of pyridine rings is 1. The zero-order chi connectivity index (χ0) is 44.5. The number of hydrogen-bond donors (Lipinski definition) is 0. The van der Waals surface area contributed by atoms with E-state index in [9.17, 15) is 26.3 Å². The Kier molecular flexibility index (Phi) is 13.2. The molecule has 0 radical (unpaired) electrons. The first-order valence-electron chi connectivity index (χ1n) is 18.1. The molecule has 62 heavy (non-hydrogen) atoms. The smallest absolute Gasteiger partial charge is 0.485 e. The Morgan fingerprint density at radius 2 is 1.19 bits per heavy atom. The lowest BCUT2D eigenvalue weighted by Crippen LogP contribution is -2.37. The zero-order valence-electron chi connectivity index (χ0n) is 31.6. The molecule has 0 fully saturated rings. The molecule has 0 atom stereocenters. The Labute approximate surface area is 366 Å². The minimum absolute atomic E-state index is 0.915. The minimum atomic E-state index is -6.09. The van der Waals surface area contributed by atoms with E-state index in [1.165, 1.54) is 73.2 Å². The van der Waals surface area contributed by atoms with Crippen molar-refractivity contribution in [2.24, 2.45) is 0 Å². The number of aromatic nitrogens is 1. The van der Waals surface area contributed by atoms with E-state index in [1.54, 1.807) is 22.7 Å². The van der Waals surface area contributed by atoms with Gasteiger partial charge in [0.2, 0.25) is 11.1 Å². The summed E-state index contributed by atoms with van der Waals surface area (Å²) in [6.07, 6.45) is 19.1. The predicted octanol–water partition coefficient (Wildman–Crippen LogP) is 9.38. The maximum Gasteiger partial charge on any atom is 0.485 e. The van der Waals surface area contributed by atoms with Gasteiger partial charge in [0.15, 0.2) is 44.9 Å². The van der Waals surface area contributed by atoms with E-state index in [4.69, 9.17) is 25.9 Å². The van der Waals surface area contributed by atoms with Crippen LogP contribution >= 0.6 is 45.3 Å². The van der Waals surface area contributed by atoms with Crippen LogP contribution in [0.2, 0.25) is 0 Å². The topological polar surface area (TPSA) is 123 Å². The Hall–Kier alpha value is -4.80. The maximum absolute atomic E-state index is 10.7. The lowest BCUT2D eigenvalue weighted by molar-refractivity contribution is -0.523. The fourth-order valence-electron chi connectivity index (χ4n) is 6.79. The van der Waals surface area contributed by atoms with Crippen molar-refractivity contribution >= 4 is 89.1 Å². The van der Waals surface area contributed by atoms with Gasteiger partial charge < -0.3 is 9.11 Å². The molecule has 9 rings (SSSR count). The maximum atomic E-state index is 10.7. The molecule has 322 valence electrons. The number of rotatable bonds is 6. The third-order valence-electron chi connectivity index (χ3n) is 9.50. The van der Waals surface area contributed by atoms with Gasteiger partial charge in [-0.2, -0.15) is 35.2 Å². The van der Waals surface area contributed by atoms with Gasteiger partial charge in [-0.05, 0) is 82.1 Å². The monoisotopic (exact) mass is 964 g/mol. The number of halogens is 6.